The summed E-state index contributed by atoms with van der Waals surface area (Å²) in [5.74, 6) is 0.732. The van der Waals surface area contributed by atoms with Crippen molar-refractivity contribution in [2.24, 2.45) is 0 Å². The van der Waals surface area contributed by atoms with Gasteiger partial charge in [-0.3, -0.25) is 0 Å². The molecule has 0 spiro atoms. The lowest BCUT2D eigenvalue weighted by molar-refractivity contribution is -0.107. The Bertz CT molecular complexity index is 864. The summed E-state index contributed by atoms with van der Waals surface area (Å²) in [5, 5.41) is 11.1. The Morgan fingerprint density at radius 1 is 1.19 bits per heavy atom. The SMILES string of the molecule is CN(C)CCO.Cc1nccc(-c2csc(-c3cccc(CC=O)c3)n2)n1. The maximum absolute atomic E-state index is 10.6. The first-order chi connectivity index (χ1) is 13.0. The molecule has 7 heteroatoms. The Hall–Kier alpha value is -2.48. The van der Waals surface area contributed by atoms with Crippen molar-refractivity contribution >= 4 is 17.6 Å². The molecule has 0 saturated heterocycles. The van der Waals surface area contributed by atoms with E-state index in [0.717, 1.165) is 46.2 Å². The molecule has 0 aliphatic carbocycles. The molecule has 0 saturated carbocycles. The number of carbonyl (C=O) groups is 1. The van der Waals surface area contributed by atoms with Crippen molar-refractivity contribution in [3.8, 4) is 22.0 Å². The summed E-state index contributed by atoms with van der Waals surface area (Å²) in [6.07, 6.45) is 3.08. The Labute approximate surface area is 163 Å². The number of thiazole rings is 1. The lowest BCUT2D eigenvalue weighted by Crippen LogP contribution is -2.15. The number of aryl methyl sites for hydroxylation is 1. The van der Waals surface area contributed by atoms with E-state index in [1.807, 2.05) is 61.6 Å². The van der Waals surface area contributed by atoms with Crippen LogP contribution in [-0.2, 0) is 11.2 Å². The predicted molar refractivity (Wildman–Crippen MR) is 109 cm³/mol. The van der Waals surface area contributed by atoms with Gasteiger partial charge in [-0.05, 0) is 38.7 Å². The first-order valence-electron chi connectivity index (χ1n) is 8.57. The van der Waals surface area contributed by atoms with Crippen LogP contribution in [0, 0.1) is 6.92 Å². The lowest BCUT2D eigenvalue weighted by Gasteiger charge is -2.03. The number of benzene rings is 1. The van der Waals surface area contributed by atoms with E-state index in [0.29, 0.717) is 6.42 Å². The highest BCUT2D eigenvalue weighted by Gasteiger charge is 2.08. The molecule has 3 aromatic rings. The van der Waals surface area contributed by atoms with Crippen molar-refractivity contribution in [2.45, 2.75) is 13.3 Å². The largest absolute Gasteiger partial charge is 0.395 e. The third-order valence-corrected chi connectivity index (χ3v) is 4.47. The fraction of sp³-hybridized carbons (Fsp3) is 0.300. The molecule has 0 aliphatic heterocycles. The number of aliphatic hydroxyl groups is 1. The minimum Gasteiger partial charge on any atom is -0.395 e. The molecule has 3 rings (SSSR count). The quantitative estimate of drug-likeness (QED) is 0.659. The van der Waals surface area contributed by atoms with Gasteiger partial charge in [0.05, 0.1) is 12.3 Å². The van der Waals surface area contributed by atoms with Crippen molar-refractivity contribution in [2.75, 3.05) is 27.2 Å². The molecular weight excluding hydrogens is 360 g/mol. The summed E-state index contributed by atoms with van der Waals surface area (Å²) < 4.78 is 0. The molecule has 0 fully saturated rings. The number of aromatic nitrogens is 3. The van der Waals surface area contributed by atoms with Crippen LogP contribution < -0.4 is 0 Å². The maximum atomic E-state index is 10.6. The van der Waals surface area contributed by atoms with Crippen molar-refractivity contribution < 1.29 is 9.90 Å². The zero-order valence-electron chi connectivity index (χ0n) is 15.8. The number of hydrogen-bond acceptors (Lipinski definition) is 7. The molecule has 2 heterocycles. The van der Waals surface area contributed by atoms with Crippen LogP contribution in [0.2, 0.25) is 0 Å². The second-order valence-electron chi connectivity index (χ2n) is 6.13. The van der Waals surface area contributed by atoms with Crippen LogP contribution in [0.5, 0.6) is 0 Å². The molecule has 2 aromatic heterocycles. The zero-order chi connectivity index (χ0) is 19.6. The Morgan fingerprint density at radius 2 is 2.00 bits per heavy atom. The maximum Gasteiger partial charge on any atom is 0.125 e. The lowest BCUT2D eigenvalue weighted by atomic mass is 10.1. The summed E-state index contributed by atoms with van der Waals surface area (Å²) in [6.45, 7) is 2.88. The first-order valence-corrected chi connectivity index (χ1v) is 9.45. The number of aliphatic hydroxyl groups excluding tert-OH is 1. The van der Waals surface area contributed by atoms with E-state index < -0.39 is 0 Å². The van der Waals surface area contributed by atoms with Crippen molar-refractivity contribution in [1.29, 1.82) is 0 Å². The Kier molecular flexibility index (Phi) is 8.19. The molecule has 27 heavy (non-hydrogen) atoms. The molecule has 0 amide bonds. The standard InChI is InChI=1S/C16H13N3OS.C4H11NO/c1-11-17-7-5-14(18-11)15-10-21-16(19-15)13-4-2-3-12(9-13)6-8-20;1-5(2)3-4-6/h2-5,7-10H,6H2,1H3;6H,3-4H2,1-2H3. The molecule has 6 nitrogen and oxygen atoms in total. The summed E-state index contributed by atoms with van der Waals surface area (Å²) in [7, 11) is 3.85. The van der Waals surface area contributed by atoms with Crippen molar-refractivity contribution in [3.63, 3.8) is 0 Å². The van der Waals surface area contributed by atoms with E-state index >= 15 is 0 Å². The van der Waals surface area contributed by atoms with Gasteiger partial charge in [0, 0.05) is 30.1 Å². The van der Waals surface area contributed by atoms with E-state index in [4.69, 9.17) is 5.11 Å². The highest BCUT2D eigenvalue weighted by molar-refractivity contribution is 7.13. The normalized spacial score (nSPS) is 10.4. The van der Waals surface area contributed by atoms with Gasteiger partial charge in [0.25, 0.3) is 0 Å². The van der Waals surface area contributed by atoms with Crippen molar-refractivity contribution in [3.05, 3.63) is 53.3 Å². The molecule has 142 valence electrons. The highest BCUT2D eigenvalue weighted by Crippen LogP contribution is 2.28. The molecule has 1 N–H and O–H groups in total. The van der Waals surface area contributed by atoms with Crippen LogP contribution in [0.1, 0.15) is 11.4 Å². The van der Waals surface area contributed by atoms with Crippen LogP contribution in [0.25, 0.3) is 22.0 Å². The van der Waals surface area contributed by atoms with Gasteiger partial charge in [-0.1, -0.05) is 18.2 Å². The molecule has 1 aromatic carbocycles. The van der Waals surface area contributed by atoms with Crippen molar-refractivity contribution in [1.82, 2.24) is 19.9 Å². The summed E-state index contributed by atoms with van der Waals surface area (Å²) in [4.78, 5) is 25.7. The van der Waals surface area contributed by atoms with Gasteiger partial charge in [0.2, 0.25) is 0 Å². The third kappa shape index (κ3) is 6.63. The third-order valence-electron chi connectivity index (χ3n) is 3.58. The summed E-state index contributed by atoms with van der Waals surface area (Å²) >= 11 is 1.57. The average Bonchev–Trinajstić information content (AvgIpc) is 3.13. The summed E-state index contributed by atoms with van der Waals surface area (Å²) in [5.41, 5.74) is 3.70. The number of carbonyl (C=O) groups excluding carboxylic acids is 1. The molecule has 0 aliphatic rings. The van der Waals surface area contributed by atoms with E-state index in [2.05, 4.69) is 15.0 Å². The van der Waals surface area contributed by atoms with E-state index in [9.17, 15) is 4.79 Å². The van der Waals surface area contributed by atoms with Gasteiger partial charge < -0.3 is 14.8 Å². The second kappa shape index (κ2) is 10.6. The van der Waals surface area contributed by atoms with E-state index in [1.54, 1.807) is 17.5 Å². The number of nitrogens with zero attached hydrogens (tertiary/aromatic N) is 4. The van der Waals surface area contributed by atoms with Crippen LogP contribution in [0.3, 0.4) is 0 Å². The topological polar surface area (TPSA) is 79.2 Å². The fourth-order valence-electron chi connectivity index (χ4n) is 2.25. The molecule has 0 unspecified atom stereocenters. The smallest absolute Gasteiger partial charge is 0.125 e. The van der Waals surface area contributed by atoms with Gasteiger partial charge in [-0.25, -0.2) is 15.0 Å². The molecule has 0 radical (unpaired) electrons. The number of hydrogen-bond donors (Lipinski definition) is 1. The minimum atomic E-state index is 0.257. The van der Waals surface area contributed by atoms with Gasteiger partial charge in [-0.15, -0.1) is 11.3 Å². The molecule has 0 atom stereocenters. The van der Waals surface area contributed by atoms with Crippen LogP contribution in [0.15, 0.2) is 41.9 Å². The van der Waals surface area contributed by atoms with E-state index in [-0.39, 0.29) is 6.61 Å². The fourth-order valence-corrected chi connectivity index (χ4v) is 3.06. The number of rotatable bonds is 6. The average molecular weight is 385 g/mol. The first kappa shape index (κ1) is 20.8. The van der Waals surface area contributed by atoms with Gasteiger partial charge in [-0.2, -0.15) is 0 Å². The minimum absolute atomic E-state index is 0.257. The van der Waals surface area contributed by atoms with Crippen LogP contribution >= 0.6 is 11.3 Å². The molecule has 0 bridgehead atoms. The molecular formula is C20H24N4O2S. The van der Waals surface area contributed by atoms with Gasteiger partial charge >= 0.3 is 0 Å². The Morgan fingerprint density at radius 3 is 2.63 bits per heavy atom. The van der Waals surface area contributed by atoms with Gasteiger partial charge in [0.1, 0.15) is 22.8 Å². The number of likely N-dealkylation sites (N-methyl/N-ethyl adjacent to an activating group) is 1. The zero-order valence-corrected chi connectivity index (χ0v) is 16.6. The van der Waals surface area contributed by atoms with Crippen LogP contribution in [0.4, 0.5) is 0 Å². The Balaban J connectivity index is 0.000000380. The second-order valence-corrected chi connectivity index (χ2v) is 6.98. The van der Waals surface area contributed by atoms with E-state index in [1.165, 1.54) is 0 Å². The number of aldehydes is 1. The monoisotopic (exact) mass is 384 g/mol. The highest BCUT2D eigenvalue weighted by atomic mass is 32.1. The van der Waals surface area contributed by atoms with Crippen LogP contribution in [-0.4, -0.2) is 58.5 Å². The van der Waals surface area contributed by atoms with Gasteiger partial charge in [0.15, 0.2) is 0 Å². The predicted octanol–water partition coefficient (Wildman–Crippen LogP) is 2.86. The summed E-state index contributed by atoms with van der Waals surface area (Å²) in [6, 6.07) is 9.75.